The highest BCUT2D eigenvalue weighted by molar-refractivity contribution is 5.35. The van der Waals surface area contributed by atoms with E-state index in [9.17, 15) is 5.11 Å². The average Bonchev–Trinajstić information content (AvgIpc) is 3.18. The molecule has 0 spiro atoms. The molecule has 130 valence electrons. The van der Waals surface area contributed by atoms with Gasteiger partial charge in [-0.15, -0.1) is 0 Å². The molecule has 1 aromatic rings. The highest BCUT2D eigenvalue weighted by atomic mass is 16.3. The fourth-order valence-corrected chi connectivity index (χ4v) is 3.39. The molecule has 0 bridgehead atoms. The molecule has 1 N–H and O–H groups in total. The molecule has 1 heteroatoms. The second-order valence-electron chi connectivity index (χ2n) is 9.24. The maximum atomic E-state index is 9.81. The van der Waals surface area contributed by atoms with Crippen LogP contribution < -0.4 is 0 Å². The Morgan fingerprint density at radius 2 is 1.61 bits per heavy atom. The van der Waals surface area contributed by atoms with Gasteiger partial charge >= 0.3 is 0 Å². The summed E-state index contributed by atoms with van der Waals surface area (Å²) >= 11 is 0. The first-order valence-electron chi connectivity index (χ1n) is 9.58. The summed E-state index contributed by atoms with van der Waals surface area (Å²) < 4.78 is 0. The molecule has 0 heterocycles. The van der Waals surface area contributed by atoms with Crippen molar-refractivity contribution in [2.45, 2.75) is 91.9 Å². The molecule has 1 aliphatic carbocycles. The number of hydrogen-bond donors (Lipinski definition) is 1. The fourth-order valence-electron chi connectivity index (χ4n) is 3.39. The quantitative estimate of drug-likeness (QED) is 0.505. The minimum atomic E-state index is 0.421. The van der Waals surface area contributed by atoms with Crippen LogP contribution in [0.2, 0.25) is 0 Å². The molecule has 0 aliphatic heterocycles. The Morgan fingerprint density at radius 3 is 2.26 bits per heavy atom. The maximum Gasteiger partial charge on any atom is 0.115 e. The summed E-state index contributed by atoms with van der Waals surface area (Å²) in [5.74, 6) is 0.421. The van der Waals surface area contributed by atoms with Crippen LogP contribution in [0.1, 0.15) is 90.2 Å². The van der Waals surface area contributed by atoms with Gasteiger partial charge in [0.25, 0.3) is 0 Å². The van der Waals surface area contributed by atoms with E-state index in [0.29, 0.717) is 16.6 Å². The summed E-state index contributed by atoms with van der Waals surface area (Å²) in [7, 11) is 0. The van der Waals surface area contributed by atoms with Gasteiger partial charge in [0.15, 0.2) is 0 Å². The number of rotatable bonds is 9. The van der Waals surface area contributed by atoms with Crippen molar-refractivity contribution in [1.29, 1.82) is 0 Å². The van der Waals surface area contributed by atoms with Crippen molar-refractivity contribution in [2.75, 3.05) is 0 Å². The molecule has 1 saturated carbocycles. The van der Waals surface area contributed by atoms with E-state index >= 15 is 0 Å². The Labute approximate surface area is 143 Å². The van der Waals surface area contributed by atoms with Gasteiger partial charge in [-0.2, -0.15) is 0 Å². The van der Waals surface area contributed by atoms with Crippen LogP contribution in [0.25, 0.3) is 0 Å². The molecule has 0 unspecified atom stereocenters. The highest BCUT2D eigenvalue weighted by Crippen LogP contribution is 2.49. The normalized spacial score (nSPS) is 16.5. The topological polar surface area (TPSA) is 20.2 Å². The van der Waals surface area contributed by atoms with Gasteiger partial charge in [-0.05, 0) is 85.5 Å². The van der Waals surface area contributed by atoms with Gasteiger partial charge in [0.1, 0.15) is 5.75 Å². The summed E-state index contributed by atoms with van der Waals surface area (Å²) in [5, 5.41) is 9.81. The van der Waals surface area contributed by atoms with Crippen LogP contribution in [-0.2, 0) is 12.8 Å². The second-order valence-corrected chi connectivity index (χ2v) is 9.24. The minimum Gasteiger partial charge on any atom is -0.508 e. The molecular formula is C22H36O. The third kappa shape index (κ3) is 6.97. The van der Waals surface area contributed by atoms with Crippen LogP contribution in [-0.4, -0.2) is 5.11 Å². The average molecular weight is 317 g/mol. The number of hydrogen-bond acceptors (Lipinski definition) is 1. The number of aryl methyl sites for hydroxylation is 2. The van der Waals surface area contributed by atoms with E-state index in [1.807, 2.05) is 12.1 Å². The first-order valence-corrected chi connectivity index (χ1v) is 9.58. The highest BCUT2D eigenvalue weighted by Gasteiger charge is 2.35. The van der Waals surface area contributed by atoms with Gasteiger partial charge in [0, 0.05) is 0 Å². The van der Waals surface area contributed by atoms with Gasteiger partial charge < -0.3 is 5.11 Å². The van der Waals surface area contributed by atoms with Crippen LogP contribution in [0, 0.1) is 10.8 Å². The van der Waals surface area contributed by atoms with Crippen LogP contribution in [0.5, 0.6) is 5.75 Å². The van der Waals surface area contributed by atoms with Crippen molar-refractivity contribution in [3.05, 3.63) is 29.3 Å². The van der Waals surface area contributed by atoms with E-state index in [0.717, 1.165) is 6.42 Å². The Kier molecular flexibility index (Phi) is 6.17. The molecule has 2 rings (SSSR count). The van der Waals surface area contributed by atoms with Gasteiger partial charge in [0.05, 0.1) is 0 Å². The van der Waals surface area contributed by atoms with Gasteiger partial charge in [-0.25, -0.2) is 0 Å². The maximum absolute atomic E-state index is 9.81. The number of phenols is 1. The van der Waals surface area contributed by atoms with Crippen molar-refractivity contribution >= 4 is 0 Å². The predicted octanol–water partition coefficient (Wildman–Crippen LogP) is 6.66. The molecule has 1 aromatic carbocycles. The molecule has 0 aromatic heterocycles. The number of aromatic hydroxyl groups is 1. The second kappa shape index (κ2) is 7.73. The lowest BCUT2D eigenvalue weighted by atomic mass is 9.88. The summed E-state index contributed by atoms with van der Waals surface area (Å²) in [6.07, 6.45) is 13.0. The van der Waals surface area contributed by atoms with E-state index in [2.05, 4.69) is 33.8 Å². The first kappa shape index (κ1) is 18.4. The molecule has 1 fully saturated rings. The number of benzene rings is 1. The third-order valence-corrected chi connectivity index (χ3v) is 5.39. The fraction of sp³-hybridized carbons (Fsp3) is 0.727. The lowest BCUT2D eigenvalue weighted by Crippen LogP contribution is -2.04. The van der Waals surface area contributed by atoms with Crippen molar-refractivity contribution < 1.29 is 5.11 Å². The largest absolute Gasteiger partial charge is 0.508 e. The van der Waals surface area contributed by atoms with Gasteiger partial charge in [0.2, 0.25) is 0 Å². The first-order chi connectivity index (χ1) is 10.8. The number of phenolic OH excluding ortho intramolecular Hbond substituents is 1. The smallest absolute Gasteiger partial charge is 0.115 e. The summed E-state index contributed by atoms with van der Waals surface area (Å²) in [6.45, 7) is 9.36. The van der Waals surface area contributed by atoms with Crippen LogP contribution in [0.4, 0.5) is 0 Å². The monoisotopic (exact) mass is 316 g/mol. The van der Waals surface area contributed by atoms with Crippen molar-refractivity contribution in [1.82, 2.24) is 0 Å². The molecule has 0 amide bonds. The zero-order chi connectivity index (χ0) is 16.9. The third-order valence-electron chi connectivity index (χ3n) is 5.39. The Balaban J connectivity index is 1.78. The van der Waals surface area contributed by atoms with Crippen molar-refractivity contribution in [3.63, 3.8) is 0 Å². The van der Waals surface area contributed by atoms with Gasteiger partial charge in [-0.1, -0.05) is 46.6 Å². The Hall–Kier alpha value is -0.980. The SMILES string of the molecule is CC(C)(C)CCCCc1cc(O)ccc1CCCCC1(C)CC1. The lowest BCUT2D eigenvalue weighted by Gasteiger charge is -2.18. The van der Waals surface area contributed by atoms with Crippen LogP contribution in [0.15, 0.2) is 18.2 Å². The van der Waals surface area contributed by atoms with Crippen LogP contribution in [0.3, 0.4) is 0 Å². The molecule has 0 saturated heterocycles. The minimum absolute atomic E-state index is 0.421. The van der Waals surface area contributed by atoms with E-state index < -0.39 is 0 Å². The van der Waals surface area contributed by atoms with E-state index in [1.54, 1.807) is 0 Å². The molecule has 23 heavy (non-hydrogen) atoms. The molecule has 0 atom stereocenters. The zero-order valence-corrected chi connectivity index (χ0v) is 15.8. The summed E-state index contributed by atoms with van der Waals surface area (Å²) in [6, 6.07) is 6.00. The van der Waals surface area contributed by atoms with Crippen molar-refractivity contribution in [2.24, 2.45) is 10.8 Å². The molecule has 0 radical (unpaired) electrons. The standard InChI is InChI=1S/C22H36O/c1-21(2,3)13-7-5-10-19-17-20(23)12-11-18(19)9-6-8-14-22(4)15-16-22/h11-12,17,23H,5-10,13-16H2,1-4H3. The summed E-state index contributed by atoms with van der Waals surface area (Å²) in [5.41, 5.74) is 3.95. The summed E-state index contributed by atoms with van der Waals surface area (Å²) in [4.78, 5) is 0. The Morgan fingerprint density at radius 1 is 0.957 bits per heavy atom. The van der Waals surface area contributed by atoms with Crippen molar-refractivity contribution in [3.8, 4) is 5.75 Å². The zero-order valence-electron chi connectivity index (χ0n) is 15.8. The van der Waals surface area contributed by atoms with E-state index in [1.165, 1.54) is 68.9 Å². The van der Waals surface area contributed by atoms with E-state index in [-0.39, 0.29) is 0 Å². The molecular weight excluding hydrogens is 280 g/mol. The van der Waals surface area contributed by atoms with E-state index in [4.69, 9.17) is 0 Å². The predicted molar refractivity (Wildman–Crippen MR) is 100 cm³/mol. The molecule has 1 nitrogen and oxygen atoms in total. The lowest BCUT2D eigenvalue weighted by molar-refractivity contribution is 0.360. The molecule has 1 aliphatic rings. The van der Waals surface area contributed by atoms with Crippen LogP contribution >= 0.6 is 0 Å². The number of unbranched alkanes of at least 4 members (excludes halogenated alkanes) is 2. The Bertz CT molecular complexity index is 491. The van der Waals surface area contributed by atoms with Gasteiger partial charge in [-0.3, -0.25) is 0 Å².